The molecule has 4 aliphatic rings. The minimum atomic E-state index is -3.56. The predicted molar refractivity (Wildman–Crippen MR) is 123 cm³/mol. The Morgan fingerprint density at radius 2 is 1.69 bits per heavy atom. The lowest BCUT2D eigenvalue weighted by Gasteiger charge is -2.56. The van der Waals surface area contributed by atoms with Crippen LogP contribution in [0.2, 0.25) is 0 Å². The molecule has 8 nitrogen and oxygen atoms in total. The lowest BCUT2D eigenvalue weighted by Crippen LogP contribution is -2.61. The molecule has 0 radical (unpaired) electrons. The molecule has 0 unspecified atom stereocenters. The standard InChI is InChI=1S/C22H32N4O4S2/c1-3-26(4-2)32(29,30)18-5-6-20(23-13-18)31-14-19(27)24-21(28)25-22-10-15-7-16(11-22)9-17(8-15)12-22/h5-6,13,15-17H,3-4,7-12,14H2,1-2H3,(H2,24,25,27,28). The van der Waals surface area contributed by atoms with Gasteiger partial charge in [0.15, 0.2) is 0 Å². The Bertz CT molecular complexity index is 925. The molecule has 4 aliphatic carbocycles. The number of nitrogens with zero attached hydrogens (tertiary/aromatic N) is 2. The van der Waals surface area contributed by atoms with Crippen LogP contribution in [-0.2, 0) is 14.8 Å². The van der Waals surface area contributed by atoms with E-state index in [0.717, 1.165) is 19.3 Å². The molecule has 0 saturated heterocycles. The van der Waals surface area contributed by atoms with Crippen LogP contribution in [0.15, 0.2) is 28.3 Å². The summed E-state index contributed by atoms with van der Waals surface area (Å²) in [6.45, 7) is 4.36. The summed E-state index contributed by atoms with van der Waals surface area (Å²) in [6, 6.07) is 2.68. The third-order valence-corrected chi connectivity index (χ3v) is 10.1. The summed E-state index contributed by atoms with van der Waals surface area (Å²) in [5.41, 5.74) is -0.139. The number of imide groups is 1. The number of pyridine rings is 1. The number of aromatic nitrogens is 1. The summed E-state index contributed by atoms with van der Waals surface area (Å²) in [6.07, 6.45) is 8.28. The van der Waals surface area contributed by atoms with Crippen LogP contribution in [0.3, 0.4) is 0 Å². The van der Waals surface area contributed by atoms with Gasteiger partial charge in [-0.15, -0.1) is 0 Å². The van der Waals surface area contributed by atoms with Gasteiger partial charge >= 0.3 is 6.03 Å². The second kappa shape index (κ2) is 9.30. The predicted octanol–water partition coefficient (Wildman–Crippen LogP) is 3.00. The highest BCUT2D eigenvalue weighted by molar-refractivity contribution is 7.99. The van der Waals surface area contributed by atoms with E-state index in [-0.39, 0.29) is 22.1 Å². The Hall–Kier alpha value is -1.65. The van der Waals surface area contributed by atoms with Gasteiger partial charge in [-0.2, -0.15) is 4.31 Å². The summed E-state index contributed by atoms with van der Waals surface area (Å²) >= 11 is 1.17. The van der Waals surface area contributed by atoms with Crippen molar-refractivity contribution in [1.29, 1.82) is 0 Å². The number of amides is 3. The molecule has 2 N–H and O–H groups in total. The quantitative estimate of drug-likeness (QED) is 0.554. The van der Waals surface area contributed by atoms with Crippen LogP contribution in [0, 0.1) is 17.8 Å². The average molecular weight is 481 g/mol. The maximum absolute atomic E-state index is 12.5. The van der Waals surface area contributed by atoms with Gasteiger partial charge in [-0.05, 0) is 68.4 Å². The topological polar surface area (TPSA) is 108 Å². The summed E-state index contributed by atoms with van der Waals surface area (Å²) in [5, 5.41) is 6.11. The highest BCUT2D eigenvalue weighted by Crippen LogP contribution is 2.55. The third kappa shape index (κ3) is 4.97. The number of carbonyl (C=O) groups is 2. The van der Waals surface area contributed by atoms with Crippen LogP contribution in [0.25, 0.3) is 0 Å². The Morgan fingerprint density at radius 1 is 1.09 bits per heavy atom. The number of hydrogen-bond donors (Lipinski definition) is 2. The Labute approximate surface area is 194 Å². The molecule has 5 rings (SSSR count). The van der Waals surface area contributed by atoms with Crippen molar-refractivity contribution < 1.29 is 18.0 Å². The molecule has 1 heterocycles. The van der Waals surface area contributed by atoms with Crippen LogP contribution in [0.4, 0.5) is 4.79 Å². The van der Waals surface area contributed by atoms with Gasteiger partial charge in [-0.1, -0.05) is 25.6 Å². The Kier molecular flexibility index (Phi) is 6.84. The van der Waals surface area contributed by atoms with E-state index in [1.807, 2.05) is 0 Å². The van der Waals surface area contributed by atoms with Crippen LogP contribution in [0.1, 0.15) is 52.4 Å². The molecule has 0 aliphatic heterocycles. The van der Waals surface area contributed by atoms with Gasteiger partial charge < -0.3 is 5.32 Å². The van der Waals surface area contributed by atoms with Crippen LogP contribution in [0.5, 0.6) is 0 Å². The lowest BCUT2D eigenvalue weighted by molar-refractivity contribution is -0.117. The normalized spacial score (nSPS) is 28.7. The fourth-order valence-electron chi connectivity index (χ4n) is 6.16. The molecule has 176 valence electrons. The molecule has 4 saturated carbocycles. The van der Waals surface area contributed by atoms with Crippen molar-refractivity contribution in [2.24, 2.45) is 17.8 Å². The van der Waals surface area contributed by atoms with Crippen molar-refractivity contribution in [1.82, 2.24) is 19.9 Å². The van der Waals surface area contributed by atoms with Gasteiger partial charge in [0, 0.05) is 24.8 Å². The van der Waals surface area contributed by atoms with Crippen LogP contribution >= 0.6 is 11.8 Å². The van der Waals surface area contributed by atoms with Gasteiger partial charge in [0.1, 0.15) is 4.90 Å². The third-order valence-electron chi connectivity index (χ3n) is 7.07. The summed E-state index contributed by atoms with van der Waals surface area (Å²) in [7, 11) is -3.56. The number of nitrogens with one attached hydrogen (secondary N) is 2. The number of carbonyl (C=O) groups excluding carboxylic acids is 2. The largest absolute Gasteiger partial charge is 0.332 e. The van der Waals surface area contributed by atoms with Gasteiger partial charge in [0.25, 0.3) is 0 Å². The fourth-order valence-corrected chi connectivity index (χ4v) is 8.20. The minimum Gasteiger partial charge on any atom is -0.332 e. The van der Waals surface area contributed by atoms with Crippen LogP contribution < -0.4 is 10.6 Å². The molecule has 4 fully saturated rings. The molecule has 0 aromatic carbocycles. The minimum absolute atomic E-state index is 0.0312. The van der Waals surface area contributed by atoms with E-state index in [1.54, 1.807) is 19.9 Å². The lowest BCUT2D eigenvalue weighted by atomic mass is 9.53. The first-order valence-corrected chi connectivity index (χ1v) is 13.9. The second-order valence-electron chi connectivity index (χ2n) is 9.41. The first-order chi connectivity index (χ1) is 15.2. The number of thioether (sulfide) groups is 1. The molecule has 1 aromatic heterocycles. The number of rotatable bonds is 8. The molecule has 10 heteroatoms. The van der Waals surface area contributed by atoms with Gasteiger partial charge in [-0.25, -0.2) is 18.2 Å². The maximum atomic E-state index is 12.5. The van der Waals surface area contributed by atoms with E-state index in [1.165, 1.54) is 47.6 Å². The van der Waals surface area contributed by atoms with Gasteiger partial charge in [-0.3, -0.25) is 10.1 Å². The molecule has 3 amide bonds. The SMILES string of the molecule is CCN(CC)S(=O)(=O)c1ccc(SCC(=O)NC(=O)NC23CC4CC(CC(C4)C2)C3)nc1. The zero-order valence-electron chi connectivity index (χ0n) is 18.7. The monoisotopic (exact) mass is 480 g/mol. The summed E-state index contributed by atoms with van der Waals surface area (Å²) in [5.74, 6) is 1.79. The number of sulfonamides is 1. The highest BCUT2D eigenvalue weighted by Gasteiger charge is 2.51. The molecule has 0 spiro atoms. The maximum Gasteiger partial charge on any atom is 0.321 e. The van der Waals surface area contributed by atoms with Crippen molar-refractivity contribution in [2.75, 3.05) is 18.8 Å². The first kappa shape index (κ1) is 23.5. The number of hydrogen-bond acceptors (Lipinski definition) is 6. The second-order valence-corrected chi connectivity index (χ2v) is 12.3. The van der Waals surface area contributed by atoms with Crippen LogP contribution in [-0.4, -0.2) is 54.0 Å². The van der Waals surface area contributed by atoms with E-state index in [0.29, 0.717) is 35.9 Å². The zero-order valence-corrected chi connectivity index (χ0v) is 20.3. The van der Waals surface area contributed by atoms with Gasteiger partial charge in [0.2, 0.25) is 15.9 Å². The van der Waals surface area contributed by atoms with E-state index in [2.05, 4.69) is 15.6 Å². The van der Waals surface area contributed by atoms with Gasteiger partial charge in [0.05, 0.1) is 10.8 Å². The Balaban J connectivity index is 1.26. The van der Waals surface area contributed by atoms with Crippen molar-refractivity contribution >= 4 is 33.7 Å². The smallest absolute Gasteiger partial charge is 0.321 e. The van der Waals surface area contributed by atoms with Crippen molar-refractivity contribution in [2.45, 2.75) is 67.8 Å². The zero-order chi connectivity index (χ0) is 22.9. The van der Waals surface area contributed by atoms with Crippen molar-refractivity contribution in [3.63, 3.8) is 0 Å². The highest BCUT2D eigenvalue weighted by atomic mass is 32.2. The molecule has 32 heavy (non-hydrogen) atoms. The molecule has 1 aromatic rings. The molecule has 0 atom stereocenters. The molecular weight excluding hydrogens is 448 g/mol. The molecule has 4 bridgehead atoms. The van der Waals surface area contributed by atoms with Crippen molar-refractivity contribution in [3.05, 3.63) is 18.3 Å². The Morgan fingerprint density at radius 3 is 2.19 bits per heavy atom. The average Bonchev–Trinajstić information content (AvgIpc) is 2.71. The summed E-state index contributed by atoms with van der Waals surface area (Å²) < 4.78 is 26.4. The van der Waals surface area contributed by atoms with E-state index < -0.39 is 16.1 Å². The van der Waals surface area contributed by atoms with E-state index in [4.69, 9.17) is 0 Å². The first-order valence-electron chi connectivity index (χ1n) is 11.4. The molecular formula is C22H32N4O4S2. The van der Waals surface area contributed by atoms with Crippen molar-refractivity contribution in [3.8, 4) is 0 Å². The fraction of sp³-hybridized carbons (Fsp3) is 0.682. The summed E-state index contributed by atoms with van der Waals surface area (Å²) in [4.78, 5) is 29.1. The van der Waals surface area contributed by atoms with E-state index in [9.17, 15) is 18.0 Å². The number of urea groups is 1. The van der Waals surface area contributed by atoms with E-state index >= 15 is 0 Å².